The second-order valence-electron chi connectivity index (χ2n) is 7.01. The van der Waals surface area contributed by atoms with Crippen molar-refractivity contribution in [1.29, 1.82) is 0 Å². The lowest BCUT2D eigenvalue weighted by Crippen LogP contribution is -2.06. The fraction of sp³-hybridized carbons (Fsp3) is 0.0455. The summed E-state index contributed by atoms with van der Waals surface area (Å²) in [7, 11) is 0. The molecule has 0 unspecified atom stereocenters. The van der Waals surface area contributed by atoms with Gasteiger partial charge in [0.1, 0.15) is 22.6 Å². The van der Waals surface area contributed by atoms with Gasteiger partial charge in [-0.1, -0.05) is 0 Å². The highest BCUT2D eigenvalue weighted by Gasteiger charge is 2.30. The Hall–Kier alpha value is -4.54. The summed E-state index contributed by atoms with van der Waals surface area (Å²) in [4.78, 5) is 12.7. The highest BCUT2D eigenvalue weighted by atomic mass is 19.4. The summed E-state index contributed by atoms with van der Waals surface area (Å²) >= 11 is 0. The zero-order chi connectivity index (χ0) is 24.1. The van der Waals surface area contributed by atoms with Crippen LogP contribution in [0.4, 0.5) is 24.5 Å². The Kier molecular flexibility index (Phi) is 4.96. The number of hydrogen-bond acceptors (Lipinski definition) is 8. The van der Waals surface area contributed by atoms with E-state index in [9.17, 15) is 43.5 Å². The topological polar surface area (TPSA) is 143 Å². The predicted molar refractivity (Wildman–Crippen MR) is 111 cm³/mol. The first-order valence-electron chi connectivity index (χ1n) is 9.18. The number of nitrogens with one attached hydrogen (secondary N) is 1. The molecule has 0 amide bonds. The number of phenols is 4. The van der Waals surface area contributed by atoms with Crippen molar-refractivity contribution in [1.82, 2.24) is 0 Å². The molecule has 0 fully saturated rings. The van der Waals surface area contributed by atoms with E-state index in [0.717, 1.165) is 42.5 Å². The van der Waals surface area contributed by atoms with Crippen molar-refractivity contribution in [2.75, 3.05) is 5.32 Å². The Bertz CT molecular complexity index is 1440. The number of phenolic OH excluding ortho intramolecular Hbond substituents is 4. The minimum absolute atomic E-state index is 0.0230. The third kappa shape index (κ3) is 3.80. The van der Waals surface area contributed by atoms with Crippen LogP contribution in [0.3, 0.4) is 0 Å². The van der Waals surface area contributed by atoms with Crippen molar-refractivity contribution in [3.05, 3.63) is 64.3 Å². The standard InChI is InChI=1S/C22H14F3NO7/c23-22(24,25)10-2-4-11(5-3-10)26-17-15(30)8-14(29)16-18(31)19(32)20(33-21(16)17)9-1-6-12(27)13(28)7-9/h1-8,26-30,32H. The predicted octanol–water partition coefficient (Wildman–Crippen LogP) is 4.75. The van der Waals surface area contributed by atoms with Crippen LogP contribution in [-0.2, 0) is 6.18 Å². The molecule has 0 spiro atoms. The molecule has 170 valence electrons. The highest BCUT2D eigenvalue weighted by Crippen LogP contribution is 2.43. The van der Waals surface area contributed by atoms with Gasteiger partial charge in [-0.2, -0.15) is 13.2 Å². The van der Waals surface area contributed by atoms with E-state index in [4.69, 9.17) is 4.42 Å². The number of hydrogen-bond donors (Lipinski definition) is 6. The van der Waals surface area contributed by atoms with Crippen LogP contribution in [-0.4, -0.2) is 25.5 Å². The number of anilines is 2. The number of rotatable bonds is 3. The summed E-state index contributed by atoms with van der Waals surface area (Å²) in [6.07, 6.45) is -4.55. The molecule has 0 radical (unpaired) electrons. The van der Waals surface area contributed by atoms with Gasteiger partial charge in [0.15, 0.2) is 22.8 Å². The van der Waals surface area contributed by atoms with Gasteiger partial charge in [-0.15, -0.1) is 0 Å². The van der Waals surface area contributed by atoms with E-state index in [2.05, 4.69) is 5.32 Å². The lowest BCUT2D eigenvalue weighted by atomic mass is 10.1. The summed E-state index contributed by atoms with van der Waals surface area (Å²) in [6.45, 7) is 0. The van der Waals surface area contributed by atoms with Gasteiger partial charge in [0.2, 0.25) is 11.2 Å². The number of fused-ring (bicyclic) bond motifs is 1. The van der Waals surface area contributed by atoms with E-state index in [1.165, 1.54) is 6.07 Å². The lowest BCUT2D eigenvalue weighted by molar-refractivity contribution is -0.137. The van der Waals surface area contributed by atoms with Gasteiger partial charge < -0.3 is 35.3 Å². The third-order valence-electron chi connectivity index (χ3n) is 4.82. The molecule has 0 saturated heterocycles. The third-order valence-corrected chi connectivity index (χ3v) is 4.82. The first-order chi connectivity index (χ1) is 15.5. The number of aromatic hydroxyl groups is 5. The zero-order valence-corrected chi connectivity index (χ0v) is 16.3. The van der Waals surface area contributed by atoms with Crippen LogP contribution in [0, 0.1) is 0 Å². The van der Waals surface area contributed by atoms with Gasteiger partial charge in [-0.3, -0.25) is 4.79 Å². The van der Waals surface area contributed by atoms with Crippen LogP contribution >= 0.6 is 0 Å². The van der Waals surface area contributed by atoms with E-state index in [-0.39, 0.29) is 16.9 Å². The molecule has 11 heteroatoms. The number of halogens is 3. The molecule has 6 N–H and O–H groups in total. The molecule has 1 aromatic heterocycles. The first-order valence-corrected chi connectivity index (χ1v) is 9.18. The SMILES string of the molecule is O=c1c(O)c(-c2ccc(O)c(O)c2)oc2c(Nc3ccc(C(F)(F)F)cc3)c(O)cc(O)c12. The highest BCUT2D eigenvalue weighted by molar-refractivity contribution is 5.99. The molecule has 8 nitrogen and oxygen atoms in total. The van der Waals surface area contributed by atoms with Crippen molar-refractivity contribution in [2.45, 2.75) is 6.18 Å². The van der Waals surface area contributed by atoms with E-state index in [1.54, 1.807) is 0 Å². The van der Waals surface area contributed by atoms with Gasteiger partial charge in [0.05, 0.1) is 5.56 Å². The van der Waals surface area contributed by atoms with Gasteiger partial charge in [0, 0.05) is 17.3 Å². The molecule has 3 aromatic carbocycles. The van der Waals surface area contributed by atoms with Crippen LogP contribution in [0.15, 0.2) is 57.7 Å². The molecule has 33 heavy (non-hydrogen) atoms. The maximum absolute atomic E-state index is 12.8. The van der Waals surface area contributed by atoms with Crippen molar-refractivity contribution < 1.29 is 43.1 Å². The Labute approximate surface area is 182 Å². The summed E-state index contributed by atoms with van der Waals surface area (Å²) in [5.41, 5.74) is -2.61. The largest absolute Gasteiger partial charge is 0.507 e. The van der Waals surface area contributed by atoms with E-state index in [0.29, 0.717) is 0 Å². The molecular formula is C22H14F3NO7. The summed E-state index contributed by atoms with van der Waals surface area (Å²) in [5.74, 6) is -3.74. The molecule has 0 aliphatic heterocycles. The smallest absolute Gasteiger partial charge is 0.416 e. The monoisotopic (exact) mass is 461 g/mol. The molecule has 0 bridgehead atoms. The summed E-state index contributed by atoms with van der Waals surface area (Å²) < 4.78 is 44.0. The quantitative estimate of drug-likeness (QED) is 0.190. The second kappa shape index (κ2) is 7.55. The fourth-order valence-electron chi connectivity index (χ4n) is 3.19. The normalized spacial score (nSPS) is 11.6. The second-order valence-corrected chi connectivity index (χ2v) is 7.01. The number of benzene rings is 3. The van der Waals surface area contributed by atoms with Gasteiger partial charge in [-0.05, 0) is 42.5 Å². The minimum atomic E-state index is -4.55. The van der Waals surface area contributed by atoms with E-state index >= 15 is 0 Å². The van der Waals surface area contributed by atoms with Gasteiger partial charge >= 0.3 is 6.18 Å². The van der Waals surface area contributed by atoms with Crippen LogP contribution in [0.25, 0.3) is 22.3 Å². The summed E-state index contributed by atoms with van der Waals surface area (Å²) in [6, 6.07) is 7.88. The van der Waals surface area contributed by atoms with E-state index < -0.39 is 62.6 Å². The van der Waals surface area contributed by atoms with Gasteiger partial charge in [-0.25, -0.2) is 0 Å². The lowest BCUT2D eigenvalue weighted by Gasteiger charge is -2.14. The number of alkyl halides is 3. The molecule has 4 aromatic rings. The Morgan fingerprint density at radius 3 is 2.06 bits per heavy atom. The van der Waals surface area contributed by atoms with Crippen LogP contribution in [0.1, 0.15) is 5.56 Å². The summed E-state index contributed by atoms with van der Waals surface area (Å²) in [5, 5.41) is 52.2. The fourth-order valence-corrected chi connectivity index (χ4v) is 3.19. The van der Waals surface area contributed by atoms with Crippen LogP contribution in [0.2, 0.25) is 0 Å². The molecule has 0 aliphatic carbocycles. The molecule has 4 rings (SSSR count). The maximum atomic E-state index is 12.8. The Morgan fingerprint density at radius 2 is 1.45 bits per heavy atom. The average molecular weight is 461 g/mol. The maximum Gasteiger partial charge on any atom is 0.416 e. The average Bonchev–Trinajstić information content (AvgIpc) is 2.74. The molecule has 0 atom stereocenters. The Morgan fingerprint density at radius 1 is 0.788 bits per heavy atom. The Balaban J connectivity index is 1.92. The molecule has 0 aliphatic rings. The minimum Gasteiger partial charge on any atom is -0.507 e. The van der Waals surface area contributed by atoms with E-state index in [1.807, 2.05) is 0 Å². The molecule has 0 saturated carbocycles. The molecule has 1 heterocycles. The first kappa shape index (κ1) is 21.7. The molecular weight excluding hydrogens is 447 g/mol. The van der Waals surface area contributed by atoms with Crippen molar-refractivity contribution in [2.24, 2.45) is 0 Å². The van der Waals surface area contributed by atoms with Crippen molar-refractivity contribution >= 4 is 22.3 Å². The van der Waals surface area contributed by atoms with Crippen molar-refractivity contribution in [3.63, 3.8) is 0 Å². The van der Waals surface area contributed by atoms with Crippen molar-refractivity contribution in [3.8, 4) is 40.1 Å². The van der Waals surface area contributed by atoms with Crippen LogP contribution < -0.4 is 10.7 Å². The zero-order valence-electron chi connectivity index (χ0n) is 16.3. The van der Waals surface area contributed by atoms with Crippen LogP contribution in [0.5, 0.6) is 28.7 Å². The van der Waals surface area contributed by atoms with Gasteiger partial charge in [0.25, 0.3) is 0 Å².